The van der Waals surface area contributed by atoms with Gasteiger partial charge in [-0.15, -0.1) is 6.58 Å². The summed E-state index contributed by atoms with van der Waals surface area (Å²) in [6.07, 6.45) is 2.25. The van der Waals surface area contributed by atoms with Crippen LogP contribution in [0.4, 0.5) is 0 Å². The van der Waals surface area contributed by atoms with Crippen molar-refractivity contribution in [1.82, 2.24) is 4.72 Å². The number of benzene rings is 1. The van der Waals surface area contributed by atoms with Gasteiger partial charge in [0.05, 0.1) is 17.4 Å². The van der Waals surface area contributed by atoms with Crippen LogP contribution in [0.3, 0.4) is 0 Å². The predicted molar refractivity (Wildman–Crippen MR) is 66.6 cm³/mol. The molecule has 0 radical (unpaired) electrons. The Morgan fingerprint density at radius 1 is 1.47 bits per heavy atom. The van der Waals surface area contributed by atoms with Crippen LogP contribution in [-0.2, 0) is 15.8 Å². The van der Waals surface area contributed by atoms with Crippen molar-refractivity contribution in [2.75, 3.05) is 6.54 Å². The minimum absolute atomic E-state index is 0.111. The Bertz CT molecular complexity index is 530. The number of nitriles is 1. The number of nitrogens with one attached hydrogen (secondary N) is 1. The molecule has 1 N–H and O–H groups in total. The molecule has 90 valence electrons. The molecular formula is C12H14N2O2S. The maximum absolute atomic E-state index is 11.6. The second kappa shape index (κ2) is 6.18. The average Bonchev–Trinajstić information content (AvgIpc) is 2.29. The third-order valence-corrected chi connectivity index (χ3v) is 3.44. The van der Waals surface area contributed by atoms with Crippen molar-refractivity contribution in [1.29, 1.82) is 5.26 Å². The molecule has 0 saturated carbocycles. The minimum atomic E-state index is -3.34. The van der Waals surface area contributed by atoms with Gasteiger partial charge in [-0.1, -0.05) is 18.2 Å². The Morgan fingerprint density at radius 3 is 2.88 bits per heavy atom. The van der Waals surface area contributed by atoms with E-state index < -0.39 is 10.0 Å². The van der Waals surface area contributed by atoms with Gasteiger partial charge in [0.1, 0.15) is 0 Å². The van der Waals surface area contributed by atoms with Gasteiger partial charge in [0.2, 0.25) is 10.0 Å². The molecule has 0 atom stereocenters. The van der Waals surface area contributed by atoms with Gasteiger partial charge >= 0.3 is 0 Å². The molecule has 0 aromatic heterocycles. The number of hydrogen-bond acceptors (Lipinski definition) is 3. The van der Waals surface area contributed by atoms with Crippen LogP contribution in [0.1, 0.15) is 17.5 Å². The molecule has 1 aromatic rings. The van der Waals surface area contributed by atoms with Crippen molar-refractivity contribution in [3.8, 4) is 6.07 Å². The summed E-state index contributed by atoms with van der Waals surface area (Å²) in [7, 11) is -3.34. The van der Waals surface area contributed by atoms with E-state index in [1.165, 1.54) is 0 Å². The summed E-state index contributed by atoms with van der Waals surface area (Å²) >= 11 is 0. The molecule has 4 nitrogen and oxygen atoms in total. The largest absolute Gasteiger partial charge is 0.215 e. The normalized spacial score (nSPS) is 10.8. The molecular weight excluding hydrogens is 236 g/mol. The van der Waals surface area contributed by atoms with Crippen LogP contribution in [0, 0.1) is 11.3 Å². The van der Waals surface area contributed by atoms with Crippen molar-refractivity contribution in [2.45, 2.75) is 12.2 Å². The van der Waals surface area contributed by atoms with E-state index in [0.717, 1.165) is 0 Å². The zero-order chi connectivity index (χ0) is 12.7. The zero-order valence-corrected chi connectivity index (χ0v) is 10.2. The molecule has 17 heavy (non-hydrogen) atoms. The Kier molecular flexibility index (Phi) is 4.88. The van der Waals surface area contributed by atoms with Gasteiger partial charge in [-0.2, -0.15) is 5.26 Å². The molecule has 0 saturated heterocycles. The fourth-order valence-electron chi connectivity index (χ4n) is 1.32. The molecule has 0 unspecified atom stereocenters. The fraction of sp³-hybridized carbons (Fsp3) is 0.250. The van der Waals surface area contributed by atoms with Gasteiger partial charge in [0.25, 0.3) is 0 Å². The van der Waals surface area contributed by atoms with Crippen LogP contribution in [0.5, 0.6) is 0 Å². The maximum Gasteiger partial charge on any atom is 0.215 e. The van der Waals surface area contributed by atoms with Gasteiger partial charge in [0.15, 0.2) is 0 Å². The lowest BCUT2D eigenvalue weighted by atomic mass is 10.2. The summed E-state index contributed by atoms with van der Waals surface area (Å²) in [5.74, 6) is -0.111. The van der Waals surface area contributed by atoms with Crippen molar-refractivity contribution in [3.05, 3.63) is 48.0 Å². The third-order valence-electron chi connectivity index (χ3n) is 2.08. The highest BCUT2D eigenvalue weighted by molar-refractivity contribution is 7.88. The number of nitrogens with zero attached hydrogens (tertiary/aromatic N) is 1. The van der Waals surface area contributed by atoms with Gasteiger partial charge < -0.3 is 0 Å². The number of hydrogen-bond donors (Lipinski definition) is 1. The first kappa shape index (κ1) is 13.4. The number of sulfonamides is 1. The molecule has 0 aliphatic heterocycles. The molecule has 0 aliphatic carbocycles. The van der Waals surface area contributed by atoms with Crippen LogP contribution in [0.25, 0.3) is 0 Å². The lowest BCUT2D eigenvalue weighted by Gasteiger charge is -2.05. The second-order valence-corrected chi connectivity index (χ2v) is 5.35. The summed E-state index contributed by atoms with van der Waals surface area (Å²) in [5.41, 5.74) is 1.07. The van der Waals surface area contributed by atoms with Crippen LogP contribution in [0.15, 0.2) is 36.9 Å². The standard InChI is InChI=1S/C12H14N2O2S/c1-2-3-7-14-17(15,16)10-12-6-4-5-11(8-12)9-13/h2,4-6,8,14H,1,3,7,10H2. The molecule has 1 aromatic carbocycles. The summed E-state index contributed by atoms with van der Waals surface area (Å²) < 4.78 is 25.8. The Balaban J connectivity index is 2.69. The molecule has 1 rings (SSSR count). The van der Waals surface area contributed by atoms with Crippen LogP contribution >= 0.6 is 0 Å². The summed E-state index contributed by atoms with van der Waals surface area (Å²) in [4.78, 5) is 0. The Morgan fingerprint density at radius 2 is 2.24 bits per heavy atom. The van der Waals surface area contributed by atoms with E-state index >= 15 is 0 Å². The molecule has 0 bridgehead atoms. The molecule has 0 aliphatic rings. The lowest BCUT2D eigenvalue weighted by molar-refractivity contribution is 0.581. The molecule has 5 heteroatoms. The van der Waals surface area contributed by atoms with Crippen molar-refractivity contribution < 1.29 is 8.42 Å². The first-order valence-electron chi connectivity index (χ1n) is 5.14. The van der Waals surface area contributed by atoms with E-state index in [4.69, 9.17) is 5.26 Å². The molecule has 0 fully saturated rings. The highest BCUT2D eigenvalue weighted by Gasteiger charge is 2.10. The third kappa shape index (κ3) is 4.81. The van der Waals surface area contributed by atoms with Gasteiger partial charge in [-0.05, 0) is 24.1 Å². The zero-order valence-electron chi connectivity index (χ0n) is 9.39. The van der Waals surface area contributed by atoms with E-state index in [1.807, 2.05) is 6.07 Å². The minimum Gasteiger partial charge on any atom is -0.215 e. The maximum atomic E-state index is 11.6. The lowest BCUT2D eigenvalue weighted by Crippen LogP contribution is -2.25. The van der Waals surface area contributed by atoms with Crippen molar-refractivity contribution in [3.63, 3.8) is 0 Å². The van der Waals surface area contributed by atoms with E-state index in [2.05, 4.69) is 11.3 Å². The summed E-state index contributed by atoms with van der Waals surface area (Å²) in [5, 5.41) is 8.71. The topological polar surface area (TPSA) is 70.0 Å². The van der Waals surface area contributed by atoms with E-state index in [9.17, 15) is 8.42 Å². The molecule has 0 spiro atoms. The Labute approximate surface area is 102 Å². The first-order valence-corrected chi connectivity index (χ1v) is 6.80. The molecule has 0 heterocycles. The van der Waals surface area contributed by atoms with E-state index in [-0.39, 0.29) is 5.75 Å². The first-order chi connectivity index (χ1) is 8.07. The quantitative estimate of drug-likeness (QED) is 0.615. The second-order valence-electron chi connectivity index (χ2n) is 3.54. The highest BCUT2D eigenvalue weighted by Crippen LogP contribution is 2.07. The highest BCUT2D eigenvalue weighted by atomic mass is 32.2. The SMILES string of the molecule is C=CCCNS(=O)(=O)Cc1cccc(C#N)c1. The Hall–Kier alpha value is -1.64. The predicted octanol–water partition coefficient (Wildman–Crippen LogP) is 1.55. The molecule has 0 amide bonds. The summed E-state index contributed by atoms with van der Waals surface area (Å²) in [6.45, 7) is 3.87. The summed E-state index contributed by atoms with van der Waals surface area (Å²) in [6, 6.07) is 8.56. The van der Waals surface area contributed by atoms with E-state index in [0.29, 0.717) is 24.1 Å². The van der Waals surface area contributed by atoms with Crippen LogP contribution in [-0.4, -0.2) is 15.0 Å². The fourth-order valence-corrected chi connectivity index (χ4v) is 2.47. The van der Waals surface area contributed by atoms with Gasteiger partial charge in [0, 0.05) is 6.54 Å². The average molecular weight is 250 g/mol. The monoisotopic (exact) mass is 250 g/mol. The van der Waals surface area contributed by atoms with Gasteiger partial charge in [-0.3, -0.25) is 0 Å². The van der Waals surface area contributed by atoms with Crippen LogP contribution < -0.4 is 4.72 Å². The number of rotatable bonds is 6. The van der Waals surface area contributed by atoms with Gasteiger partial charge in [-0.25, -0.2) is 13.1 Å². The van der Waals surface area contributed by atoms with Crippen molar-refractivity contribution >= 4 is 10.0 Å². The van der Waals surface area contributed by atoms with Crippen LogP contribution in [0.2, 0.25) is 0 Å². The smallest absolute Gasteiger partial charge is 0.215 e. The van der Waals surface area contributed by atoms with E-state index in [1.54, 1.807) is 30.3 Å². The van der Waals surface area contributed by atoms with Crippen molar-refractivity contribution in [2.24, 2.45) is 0 Å².